The van der Waals surface area contributed by atoms with Crippen LogP contribution in [0.2, 0.25) is 10.0 Å². The Morgan fingerprint density at radius 1 is 1.00 bits per heavy atom. The fourth-order valence-corrected chi connectivity index (χ4v) is 2.58. The lowest BCUT2D eigenvalue weighted by Crippen LogP contribution is -2.41. The Morgan fingerprint density at radius 3 is 2.30 bits per heavy atom. The molecule has 0 atom stereocenters. The van der Waals surface area contributed by atoms with E-state index in [4.69, 9.17) is 32.7 Å². The van der Waals surface area contributed by atoms with Gasteiger partial charge in [0.2, 0.25) is 0 Å². The van der Waals surface area contributed by atoms with E-state index in [0.29, 0.717) is 11.5 Å². The van der Waals surface area contributed by atoms with Crippen molar-refractivity contribution in [2.45, 2.75) is 20.0 Å². The average molecular weight is 415 g/mol. The van der Waals surface area contributed by atoms with Crippen molar-refractivity contribution >= 4 is 35.0 Å². The summed E-state index contributed by atoms with van der Waals surface area (Å²) in [6, 6.07) is 6.55. The zero-order valence-corrected chi connectivity index (χ0v) is 16.2. The van der Waals surface area contributed by atoms with Crippen molar-refractivity contribution in [1.82, 2.24) is 10.9 Å². The Hall–Kier alpha value is -2.51. The lowest BCUT2D eigenvalue weighted by atomic mass is 10.2. The highest BCUT2D eigenvalue weighted by molar-refractivity contribution is 6.36. The van der Waals surface area contributed by atoms with Crippen molar-refractivity contribution in [3.8, 4) is 11.5 Å². The molecule has 0 spiro atoms. The van der Waals surface area contributed by atoms with E-state index in [0.717, 1.165) is 12.1 Å². The highest BCUT2D eigenvalue weighted by atomic mass is 35.5. The summed E-state index contributed by atoms with van der Waals surface area (Å²) in [7, 11) is 1.45. The number of hydrogen-bond acceptors (Lipinski definition) is 4. The average Bonchev–Trinajstić information content (AvgIpc) is 2.62. The first-order valence-electron chi connectivity index (χ1n) is 7.82. The van der Waals surface area contributed by atoms with Gasteiger partial charge >= 0.3 is 0 Å². The van der Waals surface area contributed by atoms with Crippen molar-refractivity contribution in [3.05, 3.63) is 57.3 Å². The van der Waals surface area contributed by atoms with Crippen LogP contribution in [0.25, 0.3) is 0 Å². The number of hydrogen-bond donors (Lipinski definition) is 2. The number of methoxy groups -OCH3 is 1. The van der Waals surface area contributed by atoms with Crippen LogP contribution in [0.15, 0.2) is 30.3 Å². The van der Waals surface area contributed by atoms with E-state index in [1.165, 1.54) is 19.2 Å². The SMILES string of the molecule is COc1cc(C(=O)NNC(=O)c2cc(F)c(Cl)cc2Cl)ccc1OC(C)C. The zero-order chi connectivity index (χ0) is 20.1. The third-order valence-corrected chi connectivity index (χ3v) is 3.93. The number of benzene rings is 2. The number of halogens is 3. The van der Waals surface area contributed by atoms with Crippen LogP contribution in [0.5, 0.6) is 11.5 Å². The second kappa shape index (κ2) is 8.92. The standard InChI is InChI=1S/C18H17Cl2FN2O4/c1-9(2)27-15-5-4-10(6-16(15)26-3)17(24)22-23-18(25)11-7-14(21)13(20)8-12(11)19/h4-9H,1-3H3,(H,22,24)(H,23,25). The normalized spacial score (nSPS) is 10.5. The Balaban J connectivity index is 2.09. The molecule has 0 unspecified atom stereocenters. The Labute approximate surface area is 165 Å². The van der Waals surface area contributed by atoms with Gasteiger partial charge in [0.05, 0.1) is 28.8 Å². The number of nitrogens with one attached hydrogen (secondary N) is 2. The molecule has 0 aromatic heterocycles. The molecule has 2 N–H and O–H groups in total. The van der Waals surface area contributed by atoms with Gasteiger partial charge in [-0.05, 0) is 44.2 Å². The van der Waals surface area contributed by atoms with Crippen molar-refractivity contribution in [2.24, 2.45) is 0 Å². The largest absolute Gasteiger partial charge is 0.493 e. The maximum atomic E-state index is 13.5. The molecule has 27 heavy (non-hydrogen) atoms. The van der Waals surface area contributed by atoms with Crippen LogP contribution in [0, 0.1) is 5.82 Å². The molecule has 144 valence electrons. The summed E-state index contributed by atoms with van der Waals surface area (Å²) < 4.78 is 24.3. The van der Waals surface area contributed by atoms with Gasteiger partial charge in [0.1, 0.15) is 5.82 Å². The van der Waals surface area contributed by atoms with Crippen molar-refractivity contribution < 1.29 is 23.5 Å². The topological polar surface area (TPSA) is 76.7 Å². The van der Waals surface area contributed by atoms with Crippen LogP contribution >= 0.6 is 23.2 Å². The lowest BCUT2D eigenvalue weighted by Gasteiger charge is -2.14. The molecule has 9 heteroatoms. The maximum Gasteiger partial charge on any atom is 0.271 e. The van der Waals surface area contributed by atoms with E-state index >= 15 is 0 Å². The van der Waals surface area contributed by atoms with Crippen LogP contribution in [0.1, 0.15) is 34.6 Å². The molecule has 0 fully saturated rings. The van der Waals surface area contributed by atoms with Gasteiger partial charge in [-0.25, -0.2) is 4.39 Å². The molecule has 2 rings (SSSR count). The van der Waals surface area contributed by atoms with Crippen LogP contribution < -0.4 is 20.3 Å². The molecule has 0 heterocycles. The summed E-state index contributed by atoms with van der Waals surface area (Å²) in [5.74, 6) is -1.36. The summed E-state index contributed by atoms with van der Waals surface area (Å²) in [6.07, 6.45) is -0.0672. The lowest BCUT2D eigenvalue weighted by molar-refractivity contribution is 0.0846. The van der Waals surface area contributed by atoms with Gasteiger partial charge in [-0.2, -0.15) is 0 Å². The van der Waals surface area contributed by atoms with Gasteiger partial charge in [0.15, 0.2) is 11.5 Å². The first kappa shape index (κ1) is 20.8. The Kier molecular flexibility index (Phi) is 6.87. The molecular formula is C18H17Cl2FN2O4. The molecule has 2 aromatic rings. The fraction of sp³-hybridized carbons (Fsp3) is 0.222. The van der Waals surface area contributed by atoms with E-state index in [9.17, 15) is 14.0 Å². The van der Waals surface area contributed by atoms with Gasteiger partial charge in [0.25, 0.3) is 11.8 Å². The van der Waals surface area contributed by atoms with E-state index in [2.05, 4.69) is 10.9 Å². The third-order valence-electron chi connectivity index (χ3n) is 3.33. The molecular weight excluding hydrogens is 398 g/mol. The van der Waals surface area contributed by atoms with Gasteiger partial charge in [0, 0.05) is 5.56 Å². The first-order chi connectivity index (χ1) is 12.7. The first-order valence-corrected chi connectivity index (χ1v) is 8.58. The van der Waals surface area contributed by atoms with Crippen LogP contribution in [-0.4, -0.2) is 25.0 Å². The number of ether oxygens (including phenoxy) is 2. The zero-order valence-electron chi connectivity index (χ0n) is 14.7. The van der Waals surface area contributed by atoms with Crippen LogP contribution in [0.4, 0.5) is 4.39 Å². The molecule has 0 bridgehead atoms. The molecule has 0 saturated heterocycles. The smallest absolute Gasteiger partial charge is 0.271 e. The molecule has 2 aromatic carbocycles. The molecule has 2 amide bonds. The summed E-state index contributed by atoms with van der Waals surface area (Å²) in [4.78, 5) is 24.3. The molecule has 0 aliphatic carbocycles. The summed E-state index contributed by atoms with van der Waals surface area (Å²) in [5.41, 5.74) is 4.44. The van der Waals surface area contributed by atoms with Crippen molar-refractivity contribution in [1.29, 1.82) is 0 Å². The quantitative estimate of drug-likeness (QED) is 0.572. The van der Waals surface area contributed by atoms with Gasteiger partial charge in [-0.3, -0.25) is 20.4 Å². The number of carbonyl (C=O) groups is 2. The second-order valence-corrected chi connectivity index (χ2v) is 6.50. The minimum absolute atomic E-state index is 0.0509. The number of carbonyl (C=O) groups excluding carboxylic acids is 2. The van der Waals surface area contributed by atoms with E-state index in [1.54, 1.807) is 6.07 Å². The van der Waals surface area contributed by atoms with Gasteiger partial charge in [-0.15, -0.1) is 0 Å². The highest BCUT2D eigenvalue weighted by Gasteiger charge is 2.16. The number of rotatable bonds is 5. The summed E-state index contributed by atoms with van der Waals surface area (Å²) in [6.45, 7) is 3.72. The number of amides is 2. The second-order valence-electron chi connectivity index (χ2n) is 5.69. The highest BCUT2D eigenvalue weighted by Crippen LogP contribution is 2.29. The predicted molar refractivity (Wildman–Crippen MR) is 100 cm³/mol. The molecule has 0 radical (unpaired) electrons. The van der Waals surface area contributed by atoms with Gasteiger partial charge < -0.3 is 9.47 Å². The molecule has 6 nitrogen and oxygen atoms in total. The number of hydrazine groups is 1. The van der Waals surface area contributed by atoms with E-state index < -0.39 is 17.6 Å². The van der Waals surface area contributed by atoms with E-state index in [-0.39, 0.29) is 27.3 Å². The summed E-state index contributed by atoms with van der Waals surface area (Å²) >= 11 is 11.5. The van der Waals surface area contributed by atoms with Crippen LogP contribution in [0.3, 0.4) is 0 Å². The molecule has 0 aliphatic rings. The minimum atomic E-state index is -0.803. The van der Waals surface area contributed by atoms with Crippen molar-refractivity contribution in [2.75, 3.05) is 7.11 Å². The minimum Gasteiger partial charge on any atom is -0.493 e. The predicted octanol–water partition coefficient (Wildman–Crippen LogP) is 4.00. The summed E-state index contributed by atoms with van der Waals surface area (Å²) in [5, 5.41) is -0.263. The fourth-order valence-electron chi connectivity index (χ4n) is 2.11. The van der Waals surface area contributed by atoms with Gasteiger partial charge in [-0.1, -0.05) is 23.2 Å². The maximum absolute atomic E-state index is 13.5. The Morgan fingerprint density at radius 2 is 1.67 bits per heavy atom. The molecule has 0 saturated carbocycles. The van der Waals surface area contributed by atoms with Crippen molar-refractivity contribution in [3.63, 3.8) is 0 Å². The Bertz CT molecular complexity index is 875. The molecule has 0 aliphatic heterocycles. The monoisotopic (exact) mass is 414 g/mol. The third kappa shape index (κ3) is 5.24. The van der Waals surface area contributed by atoms with E-state index in [1.807, 2.05) is 13.8 Å². The van der Waals surface area contributed by atoms with Crippen LogP contribution in [-0.2, 0) is 0 Å².